The van der Waals surface area contributed by atoms with Crippen LogP contribution in [0, 0.1) is 0 Å². The SMILES string of the molecule is Cn1cc(Cl)cc1C(=O)N1CCC2CCC(C1)N2. The Bertz CT molecular complexity index is 471. The molecule has 2 saturated heterocycles. The molecule has 3 heterocycles. The van der Waals surface area contributed by atoms with Crippen molar-refractivity contribution >= 4 is 17.5 Å². The zero-order chi connectivity index (χ0) is 12.7. The minimum atomic E-state index is 0.0961. The number of nitrogens with one attached hydrogen (secondary N) is 1. The van der Waals surface area contributed by atoms with Crippen LogP contribution in [0.4, 0.5) is 0 Å². The standard InChI is InChI=1S/C13H18ClN3O/c1-16-7-9(14)6-12(16)13(18)17-5-4-10-2-3-11(8-17)15-10/h6-7,10-11,15H,2-5,8H2,1H3. The molecule has 5 heteroatoms. The number of aryl methyl sites for hydroxylation is 1. The Hall–Kier alpha value is -1.00. The van der Waals surface area contributed by atoms with Gasteiger partial charge in [-0.15, -0.1) is 0 Å². The van der Waals surface area contributed by atoms with Crippen molar-refractivity contribution in [3.63, 3.8) is 0 Å². The molecule has 2 aliphatic rings. The van der Waals surface area contributed by atoms with Crippen LogP contribution >= 0.6 is 11.6 Å². The summed E-state index contributed by atoms with van der Waals surface area (Å²) in [6.45, 7) is 1.66. The predicted molar refractivity (Wildman–Crippen MR) is 70.9 cm³/mol. The van der Waals surface area contributed by atoms with E-state index in [-0.39, 0.29) is 5.91 Å². The van der Waals surface area contributed by atoms with Gasteiger partial charge in [-0.1, -0.05) is 11.6 Å². The molecule has 18 heavy (non-hydrogen) atoms. The van der Waals surface area contributed by atoms with E-state index in [1.807, 2.05) is 11.9 Å². The number of nitrogens with zero attached hydrogens (tertiary/aromatic N) is 2. The molecule has 2 unspecified atom stereocenters. The number of hydrogen-bond donors (Lipinski definition) is 1. The quantitative estimate of drug-likeness (QED) is 0.840. The molecule has 2 fully saturated rings. The highest BCUT2D eigenvalue weighted by molar-refractivity contribution is 6.31. The first kappa shape index (κ1) is 12.1. The number of carbonyl (C=O) groups excluding carboxylic acids is 1. The summed E-state index contributed by atoms with van der Waals surface area (Å²) in [5, 5.41) is 4.20. The van der Waals surface area contributed by atoms with E-state index < -0.39 is 0 Å². The van der Waals surface area contributed by atoms with Gasteiger partial charge in [0.25, 0.3) is 5.91 Å². The Morgan fingerprint density at radius 3 is 2.89 bits per heavy atom. The molecular formula is C13H18ClN3O. The molecule has 0 spiro atoms. The van der Waals surface area contributed by atoms with Gasteiger partial charge in [-0.25, -0.2) is 0 Å². The number of aromatic nitrogens is 1. The summed E-state index contributed by atoms with van der Waals surface area (Å²) in [6, 6.07) is 2.82. The van der Waals surface area contributed by atoms with Crippen LogP contribution in [0.5, 0.6) is 0 Å². The van der Waals surface area contributed by atoms with Crippen molar-refractivity contribution < 1.29 is 4.79 Å². The summed E-state index contributed by atoms with van der Waals surface area (Å²) in [5.41, 5.74) is 0.678. The molecule has 2 atom stereocenters. The number of likely N-dealkylation sites (tertiary alicyclic amines) is 1. The topological polar surface area (TPSA) is 37.3 Å². The van der Waals surface area contributed by atoms with Gasteiger partial charge in [-0.05, 0) is 25.3 Å². The Labute approximate surface area is 112 Å². The van der Waals surface area contributed by atoms with Crippen LogP contribution in [0.15, 0.2) is 12.3 Å². The van der Waals surface area contributed by atoms with Crippen molar-refractivity contribution in [1.82, 2.24) is 14.8 Å². The maximum atomic E-state index is 12.5. The third-order valence-corrected chi connectivity index (χ3v) is 4.21. The lowest BCUT2D eigenvalue weighted by atomic mass is 10.1. The molecule has 0 aromatic carbocycles. The highest BCUT2D eigenvalue weighted by Crippen LogP contribution is 2.22. The van der Waals surface area contributed by atoms with E-state index in [0.29, 0.717) is 22.8 Å². The normalized spacial score (nSPS) is 27.3. The van der Waals surface area contributed by atoms with Gasteiger partial charge >= 0.3 is 0 Å². The summed E-state index contributed by atoms with van der Waals surface area (Å²) in [4.78, 5) is 14.4. The minimum Gasteiger partial charge on any atom is -0.345 e. The number of hydrogen-bond acceptors (Lipinski definition) is 2. The second-order valence-electron chi connectivity index (χ2n) is 5.33. The van der Waals surface area contributed by atoms with Gasteiger partial charge in [0.2, 0.25) is 0 Å². The first-order chi connectivity index (χ1) is 8.63. The molecule has 0 saturated carbocycles. The van der Waals surface area contributed by atoms with E-state index in [1.54, 1.807) is 16.8 Å². The minimum absolute atomic E-state index is 0.0961. The molecule has 1 amide bonds. The molecule has 0 aliphatic carbocycles. The van der Waals surface area contributed by atoms with E-state index in [2.05, 4.69) is 5.32 Å². The summed E-state index contributed by atoms with van der Waals surface area (Å²) in [6.07, 6.45) is 5.27. The van der Waals surface area contributed by atoms with Crippen LogP contribution in [-0.4, -0.2) is 40.5 Å². The third-order valence-electron chi connectivity index (χ3n) is 4.00. The first-order valence-electron chi connectivity index (χ1n) is 6.50. The number of carbonyl (C=O) groups is 1. The number of amides is 1. The Kier molecular flexibility index (Phi) is 3.08. The summed E-state index contributed by atoms with van der Waals surface area (Å²) in [5.74, 6) is 0.0961. The molecule has 2 aliphatic heterocycles. The van der Waals surface area contributed by atoms with Crippen molar-refractivity contribution in [2.45, 2.75) is 31.3 Å². The van der Waals surface area contributed by atoms with Crippen molar-refractivity contribution in [2.75, 3.05) is 13.1 Å². The molecule has 1 aromatic rings. The molecule has 1 N–H and O–H groups in total. The Morgan fingerprint density at radius 1 is 1.39 bits per heavy atom. The maximum Gasteiger partial charge on any atom is 0.270 e. The Morgan fingerprint density at radius 2 is 2.17 bits per heavy atom. The van der Waals surface area contributed by atoms with E-state index >= 15 is 0 Å². The summed E-state index contributed by atoms with van der Waals surface area (Å²) < 4.78 is 1.81. The zero-order valence-corrected chi connectivity index (χ0v) is 11.3. The molecule has 0 radical (unpaired) electrons. The molecule has 3 rings (SSSR count). The average molecular weight is 268 g/mol. The van der Waals surface area contributed by atoms with Crippen LogP contribution < -0.4 is 5.32 Å². The lowest BCUT2D eigenvalue weighted by Gasteiger charge is -2.24. The first-order valence-corrected chi connectivity index (χ1v) is 6.88. The van der Waals surface area contributed by atoms with E-state index in [4.69, 9.17) is 11.6 Å². The van der Waals surface area contributed by atoms with Crippen molar-refractivity contribution in [3.8, 4) is 0 Å². The van der Waals surface area contributed by atoms with Gasteiger partial charge in [-0.2, -0.15) is 0 Å². The monoisotopic (exact) mass is 267 g/mol. The fourth-order valence-corrected chi connectivity index (χ4v) is 3.28. The van der Waals surface area contributed by atoms with Crippen LogP contribution in [0.25, 0.3) is 0 Å². The molecule has 2 bridgehead atoms. The third kappa shape index (κ3) is 2.15. The van der Waals surface area contributed by atoms with Gasteiger partial charge in [0.1, 0.15) is 5.69 Å². The Balaban J connectivity index is 1.78. The van der Waals surface area contributed by atoms with E-state index in [0.717, 1.165) is 19.5 Å². The van der Waals surface area contributed by atoms with Gasteiger partial charge in [0, 0.05) is 38.4 Å². The fourth-order valence-electron chi connectivity index (χ4n) is 3.03. The van der Waals surface area contributed by atoms with Crippen molar-refractivity contribution in [2.24, 2.45) is 7.05 Å². The molecule has 1 aromatic heterocycles. The summed E-state index contributed by atoms with van der Waals surface area (Å²) in [7, 11) is 1.86. The molecular weight excluding hydrogens is 250 g/mol. The highest BCUT2D eigenvalue weighted by atomic mass is 35.5. The highest BCUT2D eigenvalue weighted by Gasteiger charge is 2.32. The van der Waals surface area contributed by atoms with Crippen LogP contribution in [0.2, 0.25) is 5.02 Å². The van der Waals surface area contributed by atoms with Crippen LogP contribution in [0.3, 0.4) is 0 Å². The average Bonchev–Trinajstić information content (AvgIpc) is 2.81. The van der Waals surface area contributed by atoms with Crippen LogP contribution in [0.1, 0.15) is 29.8 Å². The molecule has 4 nitrogen and oxygen atoms in total. The second kappa shape index (κ2) is 4.59. The van der Waals surface area contributed by atoms with Crippen molar-refractivity contribution in [3.05, 3.63) is 23.0 Å². The van der Waals surface area contributed by atoms with Gasteiger partial charge in [-0.3, -0.25) is 4.79 Å². The summed E-state index contributed by atoms with van der Waals surface area (Å²) >= 11 is 5.94. The van der Waals surface area contributed by atoms with Crippen molar-refractivity contribution in [1.29, 1.82) is 0 Å². The largest absolute Gasteiger partial charge is 0.345 e. The fraction of sp³-hybridized carbons (Fsp3) is 0.615. The number of fused-ring (bicyclic) bond motifs is 2. The second-order valence-corrected chi connectivity index (χ2v) is 5.77. The molecule has 98 valence electrons. The number of halogens is 1. The van der Waals surface area contributed by atoms with E-state index in [1.165, 1.54) is 12.8 Å². The van der Waals surface area contributed by atoms with E-state index in [9.17, 15) is 4.79 Å². The predicted octanol–water partition coefficient (Wildman–Crippen LogP) is 1.64. The lowest BCUT2D eigenvalue weighted by Crippen LogP contribution is -2.39. The maximum absolute atomic E-state index is 12.5. The lowest BCUT2D eigenvalue weighted by molar-refractivity contribution is 0.0738. The van der Waals surface area contributed by atoms with Crippen LogP contribution in [-0.2, 0) is 7.05 Å². The van der Waals surface area contributed by atoms with Gasteiger partial charge in [0.05, 0.1) is 5.02 Å². The smallest absolute Gasteiger partial charge is 0.270 e. The number of rotatable bonds is 1. The van der Waals surface area contributed by atoms with Gasteiger partial charge in [0.15, 0.2) is 0 Å². The van der Waals surface area contributed by atoms with Gasteiger partial charge < -0.3 is 14.8 Å². The zero-order valence-electron chi connectivity index (χ0n) is 10.5.